The molecule has 0 unspecified atom stereocenters. The summed E-state index contributed by atoms with van der Waals surface area (Å²) in [5.41, 5.74) is 1.09. The summed E-state index contributed by atoms with van der Waals surface area (Å²) in [7, 11) is -4.43. The van der Waals surface area contributed by atoms with E-state index in [1.807, 2.05) is 19.1 Å². The molecule has 1 heterocycles. The van der Waals surface area contributed by atoms with Gasteiger partial charge in [-0.2, -0.15) is 4.31 Å². The molecule has 0 aromatic heterocycles. The lowest BCUT2D eigenvalue weighted by molar-refractivity contribution is 0.392. The first-order valence-corrected chi connectivity index (χ1v) is 10.9. The van der Waals surface area contributed by atoms with Crippen molar-refractivity contribution in [3.05, 3.63) is 29.8 Å². The molecule has 124 valence electrons. The van der Waals surface area contributed by atoms with Crippen molar-refractivity contribution in [2.75, 3.05) is 30.5 Å². The van der Waals surface area contributed by atoms with Gasteiger partial charge in [0.15, 0.2) is 0 Å². The predicted molar refractivity (Wildman–Crippen MR) is 91.3 cm³/mol. The van der Waals surface area contributed by atoms with Crippen LogP contribution in [0.3, 0.4) is 0 Å². The number of alkyl halides is 1. The van der Waals surface area contributed by atoms with E-state index in [4.69, 9.17) is 11.6 Å². The second-order valence-electron chi connectivity index (χ2n) is 5.72. The monoisotopic (exact) mass is 363 g/mol. The number of hydrogen-bond acceptors (Lipinski definition) is 3. The van der Waals surface area contributed by atoms with Crippen LogP contribution in [-0.2, 0) is 27.2 Å². The smallest absolute Gasteiger partial charge is 0.243 e. The van der Waals surface area contributed by atoms with Gasteiger partial charge in [-0.05, 0) is 36.5 Å². The summed E-state index contributed by atoms with van der Waals surface area (Å²) in [6.07, 6.45) is 1.73. The van der Waals surface area contributed by atoms with Crippen LogP contribution in [0.5, 0.6) is 0 Å². The summed E-state index contributed by atoms with van der Waals surface area (Å²) in [5, 5.41) is 0. The molecule has 0 bridgehead atoms. The van der Waals surface area contributed by atoms with Crippen molar-refractivity contribution in [1.29, 1.82) is 0 Å². The molecular weight excluding hydrogens is 342 g/mol. The maximum absolute atomic E-state index is 12.7. The minimum absolute atomic E-state index is 0.112. The van der Waals surface area contributed by atoms with Crippen molar-refractivity contribution >= 4 is 32.4 Å². The Hall–Kier alpha value is -0.430. The fourth-order valence-corrected chi connectivity index (χ4v) is 5.70. The van der Waals surface area contributed by atoms with Crippen LogP contribution in [0.4, 0.5) is 0 Å². The fourth-order valence-electron chi connectivity index (χ4n) is 2.56. The molecule has 1 fully saturated rings. The van der Waals surface area contributed by atoms with Crippen molar-refractivity contribution < 1.29 is 12.6 Å². The van der Waals surface area contributed by atoms with E-state index in [0.717, 1.165) is 18.4 Å². The van der Waals surface area contributed by atoms with Gasteiger partial charge in [-0.15, -0.1) is 11.6 Å². The molecule has 2 rings (SSSR count). The zero-order valence-corrected chi connectivity index (χ0v) is 15.1. The van der Waals surface area contributed by atoms with Gasteiger partial charge in [0.25, 0.3) is 0 Å². The number of aryl methyl sites for hydroxylation is 1. The van der Waals surface area contributed by atoms with Gasteiger partial charge in [0.1, 0.15) is 0 Å². The highest BCUT2D eigenvalue weighted by Crippen LogP contribution is 2.20. The largest absolute Gasteiger partial charge is 0.260 e. The molecule has 22 heavy (non-hydrogen) atoms. The highest BCUT2D eigenvalue weighted by atomic mass is 35.5. The van der Waals surface area contributed by atoms with Crippen LogP contribution < -0.4 is 0 Å². The van der Waals surface area contributed by atoms with E-state index in [-0.39, 0.29) is 5.92 Å². The summed E-state index contributed by atoms with van der Waals surface area (Å²) in [5.74, 6) is 1.70. The van der Waals surface area contributed by atoms with E-state index in [1.54, 1.807) is 12.1 Å². The van der Waals surface area contributed by atoms with E-state index in [9.17, 15) is 12.6 Å². The number of nitrogens with zero attached hydrogens (tertiary/aromatic N) is 1. The normalized spacial score (nSPS) is 24.1. The Morgan fingerprint density at radius 1 is 1.32 bits per heavy atom. The Morgan fingerprint density at radius 2 is 2.00 bits per heavy atom. The fraction of sp³-hybridized carbons (Fsp3) is 0.600. The summed E-state index contributed by atoms with van der Waals surface area (Å²) in [6.45, 7) is 2.70. The summed E-state index contributed by atoms with van der Waals surface area (Å²) in [6, 6.07) is 7.01. The lowest BCUT2D eigenvalue weighted by Crippen LogP contribution is -2.35. The molecule has 0 spiro atoms. The van der Waals surface area contributed by atoms with E-state index in [1.165, 1.54) is 4.31 Å². The maximum Gasteiger partial charge on any atom is 0.243 e. The zero-order valence-electron chi connectivity index (χ0n) is 12.7. The van der Waals surface area contributed by atoms with Gasteiger partial charge < -0.3 is 0 Å². The number of rotatable bonds is 5. The molecule has 4 nitrogen and oxygen atoms in total. The molecule has 0 saturated carbocycles. The molecule has 1 aliphatic rings. The minimum Gasteiger partial charge on any atom is -0.260 e. The van der Waals surface area contributed by atoms with Crippen LogP contribution in [0.2, 0.25) is 0 Å². The highest BCUT2D eigenvalue weighted by Gasteiger charge is 2.29. The average molecular weight is 364 g/mol. The molecule has 2 atom stereocenters. The van der Waals surface area contributed by atoms with Crippen molar-refractivity contribution in [2.45, 2.75) is 24.7 Å². The molecule has 0 amide bonds. The molecule has 0 radical (unpaired) electrons. The predicted octanol–water partition coefficient (Wildman–Crippen LogP) is 2.25. The van der Waals surface area contributed by atoms with Crippen LogP contribution in [0.1, 0.15) is 18.9 Å². The van der Waals surface area contributed by atoms with E-state index < -0.39 is 20.8 Å². The van der Waals surface area contributed by atoms with Crippen LogP contribution in [-0.4, -0.2) is 47.4 Å². The topological polar surface area (TPSA) is 54.5 Å². The lowest BCUT2D eigenvalue weighted by Gasteiger charge is -2.21. The Kier molecular flexibility index (Phi) is 6.44. The quantitative estimate of drug-likeness (QED) is 0.754. The molecule has 1 aromatic rings. The van der Waals surface area contributed by atoms with E-state index in [2.05, 4.69) is 0 Å². The summed E-state index contributed by atoms with van der Waals surface area (Å²) < 4.78 is 38.6. The van der Waals surface area contributed by atoms with Crippen molar-refractivity contribution in [3.8, 4) is 0 Å². The second kappa shape index (κ2) is 7.90. The SMILES string of the molecule is C[C@@H]1CN(S(=O)(=O)c2ccc(CCCCl)cc2)CC[S@@](=O)C1. The van der Waals surface area contributed by atoms with Gasteiger partial charge in [0.2, 0.25) is 10.0 Å². The van der Waals surface area contributed by atoms with Gasteiger partial charge in [-0.1, -0.05) is 19.1 Å². The van der Waals surface area contributed by atoms with Crippen molar-refractivity contribution in [1.82, 2.24) is 4.31 Å². The Morgan fingerprint density at radius 3 is 2.64 bits per heavy atom. The molecule has 7 heteroatoms. The third kappa shape index (κ3) is 4.54. The van der Waals surface area contributed by atoms with Crippen molar-refractivity contribution in [2.24, 2.45) is 5.92 Å². The van der Waals surface area contributed by atoms with E-state index >= 15 is 0 Å². The lowest BCUT2D eigenvalue weighted by atomic mass is 10.1. The third-order valence-electron chi connectivity index (χ3n) is 3.71. The summed E-state index contributed by atoms with van der Waals surface area (Å²) >= 11 is 5.67. The van der Waals surface area contributed by atoms with Gasteiger partial charge in [-0.25, -0.2) is 8.42 Å². The minimum atomic E-state index is -3.51. The molecular formula is C15H22ClNO3S2. The van der Waals surface area contributed by atoms with Gasteiger partial charge in [0, 0.05) is 41.3 Å². The first-order chi connectivity index (χ1) is 10.4. The zero-order chi connectivity index (χ0) is 16.2. The Balaban J connectivity index is 2.16. The van der Waals surface area contributed by atoms with Crippen LogP contribution >= 0.6 is 11.6 Å². The van der Waals surface area contributed by atoms with Gasteiger partial charge in [0.05, 0.1) is 4.90 Å². The molecule has 1 aliphatic heterocycles. The summed E-state index contributed by atoms with van der Waals surface area (Å²) in [4.78, 5) is 0.307. The van der Waals surface area contributed by atoms with Crippen molar-refractivity contribution in [3.63, 3.8) is 0 Å². The molecule has 1 aromatic carbocycles. The number of benzene rings is 1. The van der Waals surface area contributed by atoms with Gasteiger partial charge >= 0.3 is 0 Å². The first kappa shape index (κ1) is 17.9. The maximum atomic E-state index is 12.7. The van der Waals surface area contributed by atoms with Crippen LogP contribution in [0, 0.1) is 5.92 Å². The standard InChI is InChI=1S/C15H22ClNO3S2/c1-13-11-17(9-10-21(18)12-13)22(19,20)15-6-4-14(5-7-15)3-2-8-16/h4-7,13H,2-3,8-12H2,1H3/t13-,21-/m1/s1. The number of sulfonamides is 1. The average Bonchev–Trinajstić information content (AvgIpc) is 2.66. The first-order valence-electron chi connectivity index (χ1n) is 7.43. The highest BCUT2D eigenvalue weighted by molar-refractivity contribution is 7.89. The van der Waals surface area contributed by atoms with Crippen LogP contribution in [0.15, 0.2) is 29.2 Å². The second-order valence-corrected chi connectivity index (χ2v) is 9.65. The Labute approximate surface area is 140 Å². The molecule has 0 aliphatic carbocycles. The van der Waals surface area contributed by atoms with Crippen LogP contribution in [0.25, 0.3) is 0 Å². The third-order valence-corrected chi connectivity index (χ3v) is 7.44. The molecule has 1 saturated heterocycles. The van der Waals surface area contributed by atoms with Gasteiger partial charge in [-0.3, -0.25) is 4.21 Å². The number of halogens is 1. The molecule has 0 N–H and O–H groups in total. The Bertz CT molecular complexity index is 616. The number of hydrogen-bond donors (Lipinski definition) is 0. The van der Waals surface area contributed by atoms with E-state index in [0.29, 0.717) is 35.4 Å².